The monoisotopic (exact) mass is 365 g/mol. The zero-order chi connectivity index (χ0) is 18.7. The van der Waals surface area contributed by atoms with Crippen molar-refractivity contribution >= 4 is 29.4 Å². The van der Waals surface area contributed by atoms with Crippen LogP contribution in [0.25, 0.3) is 0 Å². The smallest absolute Gasteiger partial charge is 0.355 e. The van der Waals surface area contributed by atoms with Crippen LogP contribution in [0, 0.1) is 0 Å². The van der Waals surface area contributed by atoms with Gasteiger partial charge in [0.15, 0.2) is 0 Å². The summed E-state index contributed by atoms with van der Waals surface area (Å²) in [5, 5.41) is 3.08. The number of hydrogen-bond acceptors (Lipinski definition) is 6. The number of carbonyl (C=O) groups is 2. The van der Waals surface area contributed by atoms with Crippen LogP contribution in [0.1, 0.15) is 40.0 Å². The third kappa shape index (κ3) is 6.82. The number of rotatable bonds is 10. The van der Waals surface area contributed by atoms with Crippen molar-refractivity contribution < 1.29 is 19.1 Å². The van der Waals surface area contributed by atoms with E-state index in [1.807, 2.05) is 37.4 Å². The summed E-state index contributed by atoms with van der Waals surface area (Å²) in [6, 6.07) is 7.65. The highest BCUT2D eigenvalue weighted by atomic mass is 32.2. The fraction of sp³-hybridized carbons (Fsp3) is 0.474. The van der Waals surface area contributed by atoms with E-state index in [4.69, 9.17) is 9.47 Å². The summed E-state index contributed by atoms with van der Waals surface area (Å²) < 4.78 is 10.3. The topological polar surface area (TPSA) is 64.6 Å². The largest absolute Gasteiger partial charge is 0.463 e. The van der Waals surface area contributed by atoms with Gasteiger partial charge in [0.25, 0.3) is 0 Å². The Kier molecular flexibility index (Phi) is 9.77. The maximum Gasteiger partial charge on any atom is 0.355 e. The predicted octanol–water partition coefficient (Wildman–Crippen LogP) is 4.39. The molecule has 0 atom stereocenters. The van der Waals surface area contributed by atoms with Crippen LogP contribution < -0.4 is 5.32 Å². The Morgan fingerprint density at radius 1 is 1.08 bits per heavy atom. The first-order valence-electron chi connectivity index (χ1n) is 8.55. The summed E-state index contributed by atoms with van der Waals surface area (Å²) in [7, 11) is 0. The minimum atomic E-state index is -0.545. The molecule has 0 unspecified atom stereocenters. The van der Waals surface area contributed by atoms with Gasteiger partial charge in [-0.3, -0.25) is 0 Å². The van der Waals surface area contributed by atoms with E-state index < -0.39 is 11.9 Å². The minimum absolute atomic E-state index is 0.159. The number of benzene rings is 1. The Morgan fingerprint density at radius 2 is 1.76 bits per heavy atom. The zero-order valence-corrected chi connectivity index (χ0v) is 16.2. The van der Waals surface area contributed by atoms with Gasteiger partial charge in [0.05, 0.1) is 18.8 Å². The maximum absolute atomic E-state index is 12.5. The lowest BCUT2D eigenvalue weighted by Crippen LogP contribution is -2.22. The maximum atomic E-state index is 12.5. The van der Waals surface area contributed by atoms with E-state index in [1.54, 1.807) is 25.6 Å². The minimum Gasteiger partial charge on any atom is -0.463 e. The molecule has 0 amide bonds. The molecular formula is C19H27NO4S. The van der Waals surface area contributed by atoms with Crippen molar-refractivity contribution in [3.63, 3.8) is 0 Å². The standard InChI is InChI=1S/C19H27NO4S/c1-5-8-12-16(18(21)23-6-2)17(19(22)24-7-3)20-14-10-9-11-15(13-14)25-4/h9-11,13,20H,5-8,12H2,1-4H3/b17-16-. The average molecular weight is 365 g/mol. The molecule has 0 aromatic heterocycles. The van der Waals surface area contributed by atoms with Crippen molar-refractivity contribution in [3.8, 4) is 0 Å². The lowest BCUT2D eigenvalue weighted by atomic mass is 10.1. The van der Waals surface area contributed by atoms with Crippen molar-refractivity contribution in [1.29, 1.82) is 0 Å². The number of nitrogens with one attached hydrogen (secondary N) is 1. The quantitative estimate of drug-likeness (QED) is 0.377. The molecule has 0 fully saturated rings. The first-order valence-corrected chi connectivity index (χ1v) is 9.78. The van der Waals surface area contributed by atoms with Crippen molar-refractivity contribution in [3.05, 3.63) is 35.5 Å². The summed E-state index contributed by atoms with van der Waals surface area (Å²) in [4.78, 5) is 25.9. The average Bonchev–Trinajstić information content (AvgIpc) is 2.61. The Bertz CT molecular complexity index is 613. The zero-order valence-electron chi connectivity index (χ0n) is 15.4. The second kappa shape index (κ2) is 11.6. The molecule has 1 N–H and O–H groups in total. The van der Waals surface area contributed by atoms with Crippen LogP contribution >= 0.6 is 11.8 Å². The predicted molar refractivity (Wildman–Crippen MR) is 102 cm³/mol. The number of carbonyl (C=O) groups excluding carboxylic acids is 2. The molecule has 0 bridgehead atoms. The molecule has 5 nitrogen and oxygen atoms in total. The molecule has 0 radical (unpaired) electrons. The number of ether oxygens (including phenoxy) is 2. The molecule has 0 heterocycles. The summed E-state index contributed by atoms with van der Waals surface area (Å²) >= 11 is 1.60. The van der Waals surface area contributed by atoms with Gasteiger partial charge in [-0.15, -0.1) is 11.8 Å². The first-order chi connectivity index (χ1) is 12.1. The van der Waals surface area contributed by atoms with Crippen LogP contribution in [0.15, 0.2) is 40.4 Å². The molecule has 138 valence electrons. The van der Waals surface area contributed by atoms with Crippen LogP contribution in [0.5, 0.6) is 0 Å². The van der Waals surface area contributed by atoms with Gasteiger partial charge in [-0.1, -0.05) is 19.4 Å². The lowest BCUT2D eigenvalue weighted by Gasteiger charge is -2.16. The van der Waals surface area contributed by atoms with E-state index >= 15 is 0 Å². The second-order valence-electron chi connectivity index (χ2n) is 5.26. The molecular weight excluding hydrogens is 338 g/mol. The lowest BCUT2D eigenvalue weighted by molar-refractivity contribution is -0.141. The highest BCUT2D eigenvalue weighted by molar-refractivity contribution is 7.98. The van der Waals surface area contributed by atoms with Gasteiger partial charge in [0, 0.05) is 10.6 Å². The van der Waals surface area contributed by atoms with Gasteiger partial charge >= 0.3 is 11.9 Å². The van der Waals surface area contributed by atoms with Gasteiger partial charge in [-0.05, 0) is 51.1 Å². The molecule has 1 rings (SSSR count). The number of hydrogen-bond donors (Lipinski definition) is 1. The van der Waals surface area contributed by atoms with Crippen LogP contribution in [0.4, 0.5) is 5.69 Å². The third-order valence-corrected chi connectivity index (χ3v) is 4.15. The first kappa shape index (κ1) is 21.1. The Hall–Kier alpha value is -1.95. The van der Waals surface area contributed by atoms with Crippen molar-refractivity contribution in [1.82, 2.24) is 0 Å². The number of anilines is 1. The van der Waals surface area contributed by atoms with E-state index in [0.717, 1.165) is 23.4 Å². The molecule has 0 saturated heterocycles. The van der Waals surface area contributed by atoms with Gasteiger partial charge in [-0.25, -0.2) is 9.59 Å². The van der Waals surface area contributed by atoms with Gasteiger partial charge in [0.1, 0.15) is 5.70 Å². The van der Waals surface area contributed by atoms with Crippen LogP contribution in [0.2, 0.25) is 0 Å². The van der Waals surface area contributed by atoms with Gasteiger partial charge in [-0.2, -0.15) is 0 Å². The Labute approximate surface area is 154 Å². The van der Waals surface area contributed by atoms with Crippen LogP contribution in [0.3, 0.4) is 0 Å². The number of thioether (sulfide) groups is 1. The highest BCUT2D eigenvalue weighted by Crippen LogP contribution is 2.23. The fourth-order valence-corrected chi connectivity index (χ4v) is 2.66. The Balaban J connectivity index is 3.28. The molecule has 0 aliphatic carbocycles. The molecule has 0 saturated carbocycles. The van der Waals surface area contributed by atoms with E-state index in [-0.39, 0.29) is 18.9 Å². The number of esters is 2. The second-order valence-corrected chi connectivity index (χ2v) is 6.13. The van der Waals surface area contributed by atoms with E-state index in [1.165, 1.54) is 0 Å². The molecule has 6 heteroatoms. The highest BCUT2D eigenvalue weighted by Gasteiger charge is 2.23. The van der Waals surface area contributed by atoms with Gasteiger partial charge < -0.3 is 14.8 Å². The summed E-state index contributed by atoms with van der Waals surface area (Å²) in [6.07, 6.45) is 4.12. The molecule has 0 spiro atoms. The molecule has 1 aromatic rings. The van der Waals surface area contributed by atoms with E-state index in [2.05, 4.69) is 5.32 Å². The van der Waals surface area contributed by atoms with E-state index in [0.29, 0.717) is 12.0 Å². The van der Waals surface area contributed by atoms with Crippen molar-refractivity contribution in [2.24, 2.45) is 0 Å². The number of unbranched alkanes of at least 4 members (excludes halogenated alkanes) is 1. The normalized spacial score (nSPS) is 11.5. The third-order valence-electron chi connectivity index (χ3n) is 3.42. The molecule has 0 aliphatic rings. The summed E-state index contributed by atoms with van der Waals surface area (Å²) in [6.45, 7) is 6.00. The summed E-state index contributed by atoms with van der Waals surface area (Å²) in [5.41, 5.74) is 1.22. The van der Waals surface area contributed by atoms with Crippen molar-refractivity contribution in [2.45, 2.75) is 44.9 Å². The molecule has 0 aliphatic heterocycles. The van der Waals surface area contributed by atoms with Gasteiger partial charge in [0.2, 0.25) is 0 Å². The van der Waals surface area contributed by atoms with Crippen LogP contribution in [-0.4, -0.2) is 31.4 Å². The SMILES string of the molecule is CCCC/C(C(=O)OCC)=C(/Nc1cccc(SC)c1)C(=O)OCC. The molecule has 1 aromatic carbocycles. The molecule has 25 heavy (non-hydrogen) atoms. The fourth-order valence-electron chi connectivity index (χ4n) is 2.20. The van der Waals surface area contributed by atoms with E-state index in [9.17, 15) is 9.59 Å². The summed E-state index contributed by atoms with van der Waals surface area (Å²) in [5.74, 6) is -1.02. The Morgan fingerprint density at radius 3 is 2.36 bits per heavy atom. The van der Waals surface area contributed by atoms with Crippen molar-refractivity contribution in [2.75, 3.05) is 24.8 Å². The van der Waals surface area contributed by atoms with Crippen LogP contribution in [-0.2, 0) is 19.1 Å².